The normalized spacial score (nSPS) is 15.2. The first kappa shape index (κ1) is 16.5. The van der Waals surface area contributed by atoms with Crippen LogP contribution in [0.15, 0.2) is 20.0 Å². The Bertz CT molecular complexity index is 624. The third-order valence-corrected chi connectivity index (χ3v) is 4.91. The number of primary sulfonamides is 1. The minimum absolute atomic E-state index is 0.0771. The Kier molecular flexibility index (Phi) is 5.07. The second-order valence-corrected chi connectivity index (χ2v) is 7.29. The van der Waals surface area contributed by atoms with Crippen molar-refractivity contribution in [3.63, 3.8) is 0 Å². The van der Waals surface area contributed by atoms with Crippen molar-refractivity contribution >= 4 is 31.9 Å². The number of carbonyl (C=O) groups is 1. The van der Waals surface area contributed by atoms with E-state index in [1.165, 1.54) is 17.7 Å². The highest BCUT2D eigenvalue weighted by Crippen LogP contribution is 2.28. The smallest absolute Gasteiger partial charge is 0.289 e. The molecule has 0 aliphatic heterocycles. The molecule has 0 spiro atoms. The molecule has 7 nitrogen and oxygen atoms in total. The first-order chi connectivity index (χ1) is 9.79. The summed E-state index contributed by atoms with van der Waals surface area (Å²) in [6.45, 7) is 1.56. The number of carbonyl (C=O) groups excluding carboxylic acids is 1. The summed E-state index contributed by atoms with van der Waals surface area (Å²) in [6.07, 6.45) is 2.43. The first-order valence-corrected chi connectivity index (χ1v) is 8.78. The zero-order valence-electron chi connectivity index (χ0n) is 11.5. The number of ether oxygens (including phenoxy) is 1. The Labute approximate surface area is 131 Å². The van der Waals surface area contributed by atoms with Crippen LogP contribution in [0.4, 0.5) is 0 Å². The molecule has 1 heterocycles. The number of amides is 1. The average Bonchev–Trinajstić information content (AvgIpc) is 3.13. The number of nitrogens with two attached hydrogens (primary N) is 1. The monoisotopic (exact) mass is 380 g/mol. The SMILES string of the molecule is CN(CCOCC1CC1)C(=O)c1cc(S(N)(=O)=O)c(Br)o1. The molecule has 2 N–H and O–H groups in total. The highest BCUT2D eigenvalue weighted by molar-refractivity contribution is 9.10. The van der Waals surface area contributed by atoms with Gasteiger partial charge in [-0.3, -0.25) is 4.79 Å². The molecule has 118 valence electrons. The fourth-order valence-electron chi connectivity index (χ4n) is 1.68. The molecule has 0 saturated heterocycles. The van der Waals surface area contributed by atoms with Crippen molar-refractivity contribution < 1.29 is 22.4 Å². The average molecular weight is 381 g/mol. The predicted molar refractivity (Wildman–Crippen MR) is 78.3 cm³/mol. The fraction of sp³-hybridized carbons (Fsp3) is 0.583. The zero-order valence-corrected chi connectivity index (χ0v) is 13.9. The Morgan fingerprint density at radius 1 is 1.57 bits per heavy atom. The molecule has 0 bridgehead atoms. The van der Waals surface area contributed by atoms with Crippen LogP contribution in [0.2, 0.25) is 0 Å². The minimum Gasteiger partial charge on any atom is -0.443 e. The van der Waals surface area contributed by atoms with E-state index in [0.717, 1.165) is 12.7 Å². The molecule has 0 aromatic carbocycles. The van der Waals surface area contributed by atoms with E-state index in [4.69, 9.17) is 14.3 Å². The van der Waals surface area contributed by atoms with Gasteiger partial charge >= 0.3 is 0 Å². The fourth-order valence-corrected chi connectivity index (χ4v) is 3.18. The maximum absolute atomic E-state index is 12.1. The van der Waals surface area contributed by atoms with Gasteiger partial charge in [-0.15, -0.1) is 0 Å². The molecule has 0 atom stereocenters. The maximum atomic E-state index is 12.1. The van der Waals surface area contributed by atoms with Gasteiger partial charge < -0.3 is 14.1 Å². The summed E-state index contributed by atoms with van der Waals surface area (Å²) < 4.78 is 33.0. The Morgan fingerprint density at radius 3 is 2.76 bits per heavy atom. The summed E-state index contributed by atoms with van der Waals surface area (Å²) in [7, 11) is -2.34. The lowest BCUT2D eigenvalue weighted by Crippen LogP contribution is -2.30. The molecular formula is C12H17BrN2O5S. The summed E-state index contributed by atoms with van der Waals surface area (Å²) in [5.41, 5.74) is 0. The number of halogens is 1. The summed E-state index contributed by atoms with van der Waals surface area (Å²) in [5, 5.41) is 5.02. The molecular weight excluding hydrogens is 364 g/mol. The van der Waals surface area contributed by atoms with Crippen LogP contribution in [0.25, 0.3) is 0 Å². The van der Waals surface area contributed by atoms with E-state index < -0.39 is 15.9 Å². The molecule has 1 saturated carbocycles. The number of rotatable bonds is 7. The van der Waals surface area contributed by atoms with Crippen molar-refractivity contribution in [3.05, 3.63) is 16.5 Å². The molecule has 2 rings (SSSR count). The molecule has 21 heavy (non-hydrogen) atoms. The van der Waals surface area contributed by atoms with Gasteiger partial charge in [-0.1, -0.05) is 0 Å². The van der Waals surface area contributed by atoms with Gasteiger partial charge in [0.2, 0.25) is 10.0 Å². The molecule has 1 aromatic rings. The lowest BCUT2D eigenvalue weighted by Gasteiger charge is -2.15. The second-order valence-electron chi connectivity index (χ2n) is 5.04. The van der Waals surface area contributed by atoms with Crippen LogP contribution in [0.5, 0.6) is 0 Å². The van der Waals surface area contributed by atoms with Gasteiger partial charge in [0, 0.05) is 26.3 Å². The molecule has 0 unspecified atom stereocenters. The van der Waals surface area contributed by atoms with E-state index in [0.29, 0.717) is 19.1 Å². The van der Waals surface area contributed by atoms with Crippen molar-refractivity contribution in [3.8, 4) is 0 Å². The Balaban J connectivity index is 1.92. The van der Waals surface area contributed by atoms with Crippen LogP contribution in [0.1, 0.15) is 23.4 Å². The number of hydrogen-bond acceptors (Lipinski definition) is 5. The summed E-state index contributed by atoms with van der Waals surface area (Å²) in [4.78, 5) is 13.3. The van der Waals surface area contributed by atoms with E-state index in [-0.39, 0.29) is 15.3 Å². The van der Waals surface area contributed by atoms with Crippen molar-refractivity contribution in [2.24, 2.45) is 11.1 Å². The van der Waals surface area contributed by atoms with E-state index in [2.05, 4.69) is 15.9 Å². The summed E-state index contributed by atoms with van der Waals surface area (Å²) >= 11 is 2.94. The van der Waals surface area contributed by atoms with Gasteiger partial charge in [-0.25, -0.2) is 13.6 Å². The maximum Gasteiger partial charge on any atom is 0.289 e. The van der Waals surface area contributed by atoms with E-state index in [1.807, 2.05) is 0 Å². The highest BCUT2D eigenvalue weighted by atomic mass is 79.9. The Hall–Kier alpha value is -0.900. The van der Waals surface area contributed by atoms with Crippen LogP contribution in [0.3, 0.4) is 0 Å². The molecule has 1 aromatic heterocycles. The molecule has 1 amide bonds. The lowest BCUT2D eigenvalue weighted by atomic mass is 10.4. The molecule has 1 aliphatic rings. The zero-order chi connectivity index (χ0) is 15.6. The third-order valence-electron chi connectivity index (χ3n) is 3.14. The van der Waals surface area contributed by atoms with Crippen molar-refractivity contribution in [2.75, 3.05) is 26.8 Å². The van der Waals surface area contributed by atoms with Gasteiger partial charge in [-0.2, -0.15) is 0 Å². The van der Waals surface area contributed by atoms with Crippen molar-refractivity contribution in [1.82, 2.24) is 4.90 Å². The molecule has 9 heteroatoms. The van der Waals surface area contributed by atoms with Crippen molar-refractivity contribution in [2.45, 2.75) is 17.7 Å². The van der Waals surface area contributed by atoms with Gasteiger partial charge in [0.15, 0.2) is 10.4 Å². The highest BCUT2D eigenvalue weighted by Gasteiger charge is 2.24. The van der Waals surface area contributed by atoms with Crippen LogP contribution in [-0.4, -0.2) is 46.0 Å². The Morgan fingerprint density at radius 2 is 2.24 bits per heavy atom. The van der Waals surface area contributed by atoms with Crippen LogP contribution < -0.4 is 5.14 Å². The van der Waals surface area contributed by atoms with Crippen molar-refractivity contribution in [1.29, 1.82) is 0 Å². The topological polar surface area (TPSA) is 103 Å². The van der Waals surface area contributed by atoms with Gasteiger partial charge in [-0.05, 0) is 34.7 Å². The van der Waals surface area contributed by atoms with E-state index in [9.17, 15) is 13.2 Å². The number of nitrogens with zero attached hydrogens (tertiary/aromatic N) is 1. The minimum atomic E-state index is -3.93. The standard InChI is InChI=1S/C12H17BrN2O5S/c1-15(4-5-19-7-8-2-3-8)12(16)9-6-10(11(13)20-9)21(14,17)18/h6,8H,2-5,7H2,1H3,(H2,14,17,18). The van der Waals surface area contributed by atoms with Gasteiger partial charge in [0.05, 0.1) is 6.61 Å². The third kappa shape index (κ3) is 4.53. The summed E-state index contributed by atoms with van der Waals surface area (Å²) in [5.74, 6) is 0.153. The number of likely N-dealkylation sites (N-methyl/N-ethyl adjacent to an activating group) is 1. The quantitative estimate of drug-likeness (QED) is 0.715. The van der Waals surface area contributed by atoms with Gasteiger partial charge in [0.1, 0.15) is 4.90 Å². The number of sulfonamides is 1. The molecule has 1 fully saturated rings. The number of furan rings is 1. The van der Waals surface area contributed by atoms with Crippen LogP contribution in [0, 0.1) is 5.92 Å². The van der Waals surface area contributed by atoms with E-state index in [1.54, 1.807) is 7.05 Å². The van der Waals surface area contributed by atoms with Crippen LogP contribution >= 0.6 is 15.9 Å². The van der Waals surface area contributed by atoms with Gasteiger partial charge in [0.25, 0.3) is 5.91 Å². The lowest BCUT2D eigenvalue weighted by molar-refractivity contribution is 0.0653. The summed E-state index contributed by atoms with van der Waals surface area (Å²) in [6, 6.07) is 1.11. The predicted octanol–water partition coefficient (Wildman–Crippen LogP) is 1.19. The van der Waals surface area contributed by atoms with E-state index >= 15 is 0 Å². The first-order valence-electron chi connectivity index (χ1n) is 6.44. The number of hydrogen-bond donors (Lipinski definition) is 1. The second kappa shape index (κ2) is 6.47. The largest absolute Gasteiger partial charge is 0.443 e. The molecule has 0 radical (unpaired) electrons. The van der Waals surface area contributed by atoms with Crippen LogP contribution in [-0.2, 0) is 14.8 Å². The molecule has 1 aliphatic carbocycles.